The summed E-state index contributed by atoms with van der Waals surface area (Å²) >= 11 is 0. The fourth-order valence-corrected chi connectivity index (χ4v) is 3.92. The van der Waals surface area contributed by atoms with Crippen LogP contribution in [-0.4, -0.2) is 31.1 Å². The first-order valence-corrected chi connectivity index (χ1v) is 8.11. The van der Waals surface area contributed by atoms with Gasteiger partial charge in [0.2, 0.25) is 6.08 Å². The maximum absolute atomic E-state index is 10.8. The molecular weight excluding hydrogens is 260 g/mol. The number of isocyanates is 1. The zero-order valence-electron chi connectivity index (χ0n) is 12.8. The number of benzene rings is 1. The monoisotopic (exact) mass is 284 g/mol. The van der Waals surface area contributed by atoms with Crippen LogP contribution in [-0.2, 0) is 10.3 Å². The number of hydrogen-bond donors (Lipinski definition) is 0. The molecule has 0 spiro atoms. The molecule has 0 unspecified atom stereocenters. The van der Waals surface area contributed by atoms with Crippen molar-refractivity contribution < 1.29 is 4.79 Å². The van der Waals surface area contributed by atoms with E-state index in [1.54, 1.807) is 6.08 Å². The van der Waals surface area contributed by atoms with E-state index in [0.717, 1.165) is 25.7 Å². The standard InChI is InChI=1S/C18H24N2O/c1-20-12-8-16(9-13-20)15-4-6-17(7-5-15)18(19-14-21)10-2-3-11-18/h4-7,16H,2-3,8-13H2,1H3. The molecule has 0 aromatic heterocycles. The summed E-state index contributed by atoms with van der Waals surface area (Å²) in [4.78, 5) is 17.4. The lowest BCUT2D eigenvalue weighted by atomic mass is 9.85. The number of aliphatic imine (C=N–C) groups is 1. The van der Waals surface area contributed by atoms with Crippen molar-refractivity contribution in [3.8, 4) is 0 Å². The molecule has 0 bridgehead atoms. The Morgan fingerprint density at radius 3 is 2.33 bits per heavy atom. The molecule has 2 fully saturated rings. The van der Waals surface area contributed by atoms with E-state index in [-0.39, 0.29) is 5.54 Å². The molecule has 1 aromatic carbocycles. The summed E-state index contributed by atoms with van der Waals surface area (Å²) < 4.78 is 0. The SMILES string of the molecule is CN1CCC(c2ccc(C3(N=C=O)CCCC3)cc2)CC1. The molecule has 1 aliphatic carbocycles. The van der Waals surface area contributed by atoms with Crippen LogP contribution in [0, 0.1) is 0 Å². The van der Waals surface area contributed by atoms with Crippen LogP contribution < -0.4 is 0 Å². The van der Waals surface area contributed by atoms with Crippen molar-refractivity contribution >= 4 is 6.08 Å². The van der Waals surface area contributed by atoms with Crippen molar-refractivity contribution in [2.75, 3.05) is 20.1 Å². The van der Waals surface area contributed by atoms with Crippen molar-refractivity contribution in [1.82, 2.24) is 4.90 Å². The second-order valence-corrected chi connectivity index (χ2v) is 6.64. The first-order valence-electron chi connectivity index (χ1n) is 8.11. The van der Waals surface area contributed by atoms with E-state index in [2.05, 4.69) is 41.2 Å². The Balaban J connectivity index is 1.79. The molecule has 0 radical (unpaired) electrons. The average molecular weight is 284 g/mol. The second-order valence-electron chi connectivity index (χ2n) is 6.64. The van der Waals surface area contributed by atoms with Crippen molar-refractivity contribution in [3.05, 3.63) is 35.4 Å². The number of piperidine rings is 1. The van der Waals surface area contributed by atoms with Crippen LogP contribution >= 0.6 is 0 Å². The molecule has 3 rings (SSSR count). The molecule has 3 heteroatoms. The zero-order chi connectivity index (χ0) is 14.7. The quantitative estimate of drug-likeness (QED) is 0.627. The van der Waals surface area contributed by atoms with Gasteiger partial charge in [-0.05, 0) is 62.9 Å². The predicted molar refractivity (Wildman–Crippen MR) is 84.2 cm³/mol. The Kier molecular flexibility index (Phi) is 4.23. The van der Waals surface area contributed by atoms with Crippen LogP contribution in [0.15, 0.2) is 29.3 Å². The van der Waals surface area contributed by atoms with Gasteiger partial charge in [-0.2, -0.15) is 4.99 Å². The highest BCUT2D eigenvalue weighted by atomic mass is 16.1. The molecule has 1 heterocycles. The van der Waals surface area contributed by atoms with E-state index >= 15 is 0 Å². The van der Waals surface area contributed by atoms with Crippen molar-refractivity contribution in [2.24, 2.45) is 4.99 Å². The van der Waals surface area contributed by atoms with Gasteiger partial charge in [0.25, 0.3) is 0 Å². The minimum Gasteiger partial charge on any atom is -0.306 e. The van der Waals surface area contributed by atoms with Crippen molar-refractivity contribution in [2.45, 2.75) is 50.0 Å². The third-order valence-electron chi connectivity index (χ3n) is 5.33. The van der Waals surface area contributed by atoms with E-state index in [4.69, 9.17) is 0 Å². The molecule has 1 saturated carbocycles. The van der Waals surface area contributed by atoms with Gasteiger partial charge in [-0.3, -0.25) is 0 Å². The Morgan fingerprint density at radius 2 is 1.76 bits per heavy atom. The van der Waals surface area contributed by atoms with Crippen molar-refractivity contribution in [1.29, 1.82) is 0 Å². The predicted octanol–water partition coefficient (Wildman–Crippen LogP) is 3.60. The van der Waals surface area contributed by atoms with Gasteiger partial charge in [0.1, 0.15) is 0 Å². The summed E-state index contributed by atoms with van der Waals surface area (Å²) in [5.74, 6) is 0.685. The van der Waals surface area contributed by atoms with Gasteiger partial charge in [-0.15, -0.1) is 0 Å². The lowest BCUT2D eigenvalue weighted by molar-refractivity contribution is 0.255. The van der Waals surface area contributed by atoms with Crippen molar-refractivity contribution in [3.63, 3.8) is 0 Å². The average Bonchev–Trinajstić information content (AvgIpc) is 2.98. The normalized spacial score (nSPS) is 22.9. The molecule has 112 valence electrons. The zero-order valence-corrected chi connectivity index (χ0v) is 12.8. The Bertz CT molecular complexity index is 517. The number of rotatable bonds is 3. The third kappa shape index (κ3) is 2.95. The topological polar surface area (TPSA) is 32.7 Å². The van der Waals surface area contributed by atoms with Crippen LogP contribution in [0.5, 0.6) is 0 Å². The lowest BCUT2D eigenvalue weighted by Gasteiger charge is -2.30. The second kappa shape index (κ2) is 6.13. The lowest BCUT2D eigenvalue weighted by Crippen LogP contribution is -2.29. The largest absolute Gasteiger partial charge is 0.306 e. The number of nitrogens with zero attached hydrogens (tertiary/aromatic N) is 2. The number of carbonyl (C=O) groups excluding carboxylic acids is 1. The first-order chi connectivity index (χ1) is 10.2. The van der Waals surface area contributed by atoms with Gasteiger partial charge in [0.15, 0.2) is 0 Å². The van der Waals surface area contributed by atoms with E-state index < -0.39 is 0 Å². The Labute approximate surface area is 127 Å². The third-order valence-corrected chi connectivity index (χ3v) is 5.33. The van der Waals surface area contributed by atoms with Gasteiger partial charge in [-0.1, -0.05) is 37.1 Å². The summed E-state index contributed by atoms with van der Waals surface area (Å²) in [6.07, 6.45) is 8.56. The number of likely N-dealkylation sites (tertiary alicyclic amines) is 1. The summed E-state index contributed by atoms with van der Waals surface area (Å²) in [6.45, 7) is 2.37. The fourth-order valence-electron chi connectivity index (χ4n) is 3.92. The van der Waals surface area contributed by atoms with Gasteiger partial charge in [0, 0.05) is 0 Å². The Morgan fingerprint density at radius 1 is 1.14 bits per heavy atom. The summed E-state index contributed by atoms with van der Waals surface area (Å²) in [7, 11) is 2.20. The molecule has 3 nitrogen and oxygen atoms in total. The maximum atomic E-state index is 10.8. The molecule has 0 atom stereocenters. The summed E-state index contributed by atoms with van der Waals surface area (Å²) in [5.41, 5.74) is 2.35. The molecule has 0 amide bonds. The molecule has 0 N–H and O–H groups in total. The molecule has 2 aliphatic rings. The van der Waals surface area contributed by atoms with Crippen LogP contribution in [0.4, 0.5) is 0 Å². The number of hydrogen-bond acceptors (Lipinski definition) is 3. The van der Waals surface area contributed by atoms with Gasteiger partial charge in [-0.25, -0.2) is 4.79 Å². The van der Waals surface area contributed by atoms with Crippen LogP contribution in [0.3, 0.4) is 0 Å². The minimum absolute atomic E-state index is 0.285. The molecule has 1 saturated heterocycles. The van der Waals surface area contributed by atoms with Crippen LogP contribution in [0.25, 0.3) is 0 Å². The smallest absolute Gasteiger partial charge is 0.235 e. The highest BCUT2D eigenvalue weighted by molar-refractivity contribution is 5.39. The molecule has 1 aromatic rings. The Hall–Kier alpha value is -1.44. The highest BCUT2D eigenvalue weighted by Crippen LogP contribution is 2.42. The van der Waals surface area contributed by atoms with Crippen LogP contribution in [0.2, 0.25) is 0 Å². The van der Waals surface area contributed by atoms with Crippen LogP contribution in [0.1, 0.15) is 55.6 Å². The van der Waals surface area contributed by atoms with Gasteiger partial charge >= 0.3 is 0 Å². The van der Waals surface area contributed by atoms with E-state index in [9.17, 15) is 4.79 Å². The van der Waals surface area contributed by atoms with E-state index in [0.29, 0.717) is 5.92 Å². The van der Waals surface area contributed by atoms with Gasteiger partial charge < -0.3 is 4.90 Å². The minimum atomic E-state index is -0.285. The first kappa shape index (κ1) is 14.5. The molecule has 21 heavy (non-hydrogen) atoms. The highest BCUT2D eigenvalue weighted by Gasteiger charge is 2.35. The molecule has 1 aliphatic heterocycles. The maximum Gasteiger partial charge on any atom is 0.235 e. The van der Waals surface area contributed by atoms with Gasteiger partial charge in [0.05, 0.1) is 5.54 Å². The van der Waals surface area contributed by atoms with E-state index in [1.807, 2.05) is 0 Å². The van der Waals surface area contributed by atoms with E-state index in [1.165, 1.54) is 37.1 Å². The fraction of sp³-hybridized carbons (Fsp3) is 0.611. The summed E-state index contributed by atoms with van der Waals surface area (Å²) in [5, 5.41) is 0. The molecular formula is C18H24N2O. The summed E-state index contributed by atoms with van der Waals surface area (Å²) in [6, 6.07) is 8.90.